The largest absolute Gasteiger partial charge is 0.428 e. The fourth-order valence-corrected chi connectivity index (χ4v) is 2.55. The molecule has 0 aliphatic heterocycles. The molecule has 0 amide bonds. The maximum Gasteiger partial charge on any atom is 0.299 e. The second-order valence-corrected chi connectivity index (χ2v) is 5.85. The van der Waals surface area contributed by atoms with Gasteiger partial charge in [-0.2, -0.15) is 5.26 Å². The maximum atomic E-state index is 13.9. The fourth-order valence-electron chi connectivity index (χ4n) is 2.33. The van der Waals surface area contributed by atoms with Crippen LogP contribution in [0.15, 0.2) is 40.9 Å². The van der Waals surface area contributed by atoms with Crippen molar-refractivity contribution in [3.63, 3.8) is 0 Å². The minimum Gasteiger partial charge on any atom is -0.428 e. The van der Waals surface area contributed by atoms with Crippen LogP contribution in [0.1, 0.15) is 22.5 Å². The highest BCUT2D eigenvalue weighted by Gasteiger charge is 2.14. The first kappa shape index (κ1) is 16.9. The lowest BCUT2D eigenvalue weighted by Crippen LogP contribution is -1.97. The number of nitrogens with zero attached hydrogens (tertiary/aromatic N) is 2. The van der Waals surface area contributed by atoms with Crippen LogP contribution in [0.2, 0.25) is 5.02 Å². The Morgan fingerprint density at radius 3 is 2.60 bits per heavy atom. The second kappa shape index (κ2) is 6.91. The van der Waals surface area contributed by atoms with Gasteiger partial charge in [0.2, 0.25) is 0 Å². The van der Waals surface area contributed by atoms with E-state index in [1.807, 2.05) is 6.07 Å². The molecule has 1 N–H and O–H groups in total. The summed E-state index contributed by atoms with van der Waals surface area (Å²) in [7, 11) is 0. The number of halogens is 3. The van der Waals surface area contributed by atoms with Gasteiger partial charge in [-0.05, 0) is 42.8 Å². The number of hydrogen-bond acceptors (Lipinski definition) is 4. The summed E-state index contributed by atoms with van der Waals surface area (Å²) < 4.78 is 33.3. The number of oxazole rings is 1. The van der Waals surface area contributed by atoms with Crippen LogP contribution in [0.3, 0.4) is 0 Å². The van der Waals surface area contributed by atoms with E-state index in [9.17, 15) is 8.78 Å². The van der Waals surface area contributed by atoms with Gasteiger partial charge in [-0.1, -0.05) is 11.6 Å². The Balaban J connectivity index is 1.77. The molecule has 7 heteroatoms. The average molecular weight is 360 g/mol. The molecule has 0 saturated heterocycles. The van der Waals surface area contributed by atoms with Crippen molar-refractivity contribution in [1.29, 1.82) is 5.26 Å². The zero-order chi connectivity index (χ0) is 18.0. The molecule has 1 aromatic heterocycles. The normalized spacial score (nSPS) is 10.5. The molecule has 3 rings (SSSR count). The number of nitriles is 1. The Morgan fingerprint density at radius 2 is 1.96 bits per heavy atom. The molecule has 0 unspecified atom stereocenters. The van der Waals surface area contributed by atoms with E-state index in [0.717, 1.165) is 0 Å². The third kappa shape index (κ3) is 3.78. The molecule has 0 atom stereocenters. The molecule has 25 heavy (non-hydrogen) atoms. The van der Waals surface area contributed by atoms with Crippen LogP contribution in [0, 0.1) is 29.9 Å². The number of aromatic nitrogens is 1. The molecule has 126 valence electrons. The predicted octanol–water partition coefficient (Wildman–Crippen LogP) is 5.12. The molecular weight excluding hydrogens is 348 g/mol. The van der Waals surface area contributed by atoms with E-state index in [1.54, 1.807) is 25.1 Å². The molecular formula is C18H12ClF2N3O. The van der Waals surface area contributed by atoms with Gasteiger partial charge < -0.3 is 9.73 Å². The Hall–Kier alpha value is -2.91. The van der Waals surface area contributed by atoms with Crippen LogP contribution in [-0.4, -0.2) is 4.98 Å². The van der Waals surface area contributed by atoms with Crippen molar-refractivity contribution >= 4 is 23.3 Å². The number of aryl methyl sites for hydroxylation is 1. The molecule has 0 spiro atoms. The summed E-state index contributed by atoms with van der Waals surface area (Å²) >= 11 is 5.96. The van der Waals surface area contributed by atoms with Gasteiger partial charge >= 0.3 is 0 Å². The first-order valence-corrected chi connectivity index (χ1v) is 7.70. The van der Waals surface area contributed by atoms with Gasteiger partial charge in [0, 0.05) is 17.7 Å². The van der Waals surface area contributed by atoms with Crippen LogP contribution in [-0.2, 0) is 6.42 Å². The summed E-state index contributed by atoms with van der Waals surface area (Å²) in [4.78, 5) is 4.03. The molecule has 2 aromatic carbocycles. The Morgan fingerprint density at radius 1 is 1.24 bits per heavy atom. The van der Waals surface area contributed by atoms with Crippen molar-refractivity contribution in [3.8, 4) is 6.07 Å². The van der Waals surface area contributed by atoms with Gasteiger partial charge in [-0.3, -0.25) is 0 Å². The summed E-state index contributed by atoms with van der Waals surface area (Å²) in [5, 5.41) is 12.0. The average Bonchev–Trinajstić information content (AvgIpc) is 2.98. The topological polar surface area (TPSA) is 61.9 Å². The van der Waals surface area contributed by atoms with Crippen molar-refractivity contribution in [2.75, 3.05) is 5.32 Å². The summed E-state index contributed by atoms with van der Waals surface area (Å²) in [5.41, 5.74) is 1.36. The standard InChI is InChI=1S/C18H12ClF2N3O/c1-10-4-16(20)14(17(21)5-10)7-13-9-23-18(25-13)24-12-3-2-11(8-22)15(19)6-12/h2-6,9H,7H2,1H3,(H,23,24). The lowest BCUT2D eigenvalue weighted by molar-refractivity contribution is 0.510. The molecule has 0 aliphatic rings. The third-order valence-corrected chi connectivity index (χ3v) is 3.84. The Bertz CT molecular complexity index is 956. The molecule has 3 aromatic rings. The van der Waals surface area contributed by atoms with Gasteiger partial charge in [-0.25, -0.2) is 13.8 Å². The number of nitrogens with one attached hydrogen (secondary N) is 1. The summed E-state index contributed by atoms with van der Waals surface area (Å²) in [5.74, 6) is -0.937. The van der Waals surface area contributed by atoms with E-state index in [-0.39, 0.29) is 18.0 Å². The molecule has 0 bridgehead atoms. The van der Waals surface area contributed by atoms with Crippen LogP contribution in [0.25, 0.3) is 0 Å². The van der Waals surface area contributed by atoms with Crippen molar-refractivity contribution in [2.24, 2.45) is 0 Å². The van der Waals surface area contributed by atoms with E-state index >= 15 is 0 Å². The van der Waals surface area contributed by atoms with Crippen molar-refractivity contribution in [1.82, 2.24) is 4.98 Å². The number of hydrogen-bond donors (Lipinski definition) is 1. The quantitative estimate of drug-likeness (QED) is 0.702. The fraction of sp³-hybridized carbons (Fsp3) is 0.111. The smallest absolute Gasteiger partial charge is 0.299 e. The first-order chi connectivity index (χ1) is 12.0. The second-order valence-electron chi connectivity index (χ2n) is 5.45. The van der Waals surface area contributed by atoms with Gasteiger partial charge in [0.05, 0.1) is 16.8 Å². The maximum absolute atomic E-state index is 13.9. The highest BCUT2D eigenvalue weighted by molar-refractivity contribution is 6.32. The molecule has 1 heterocycles. The number of rotatable bonds is 4. The highest BCUT2D eigenvalue weighted by atomic mass is 35.5. The van der Waals surface area contributed by atoms with Crippen molar-refractivity contribution < 1.29 is 13.2 Å². The SMILES string of the molecule is Cc1cc(F)c(Cc2cnc(Nc3ccc(C#N)c(Cl)c3)o2)c(F)c1. The van der Waals surface area contributed by atoms with E-state index in [1.165, 1.54) is 18.3 Å². The summed E-state index contributed by atoms with van der Waals surface area (Å²) in [6.45, 7) is 1.62. The summed E-state index contributed by atoms with van der Waals surface area (Å²) in [6, 6.07) is 9.43. The monoisotopic (exact) mass is 359 g/mol. The predicted molar refractivity (Wildman–Crippen MR) is 89.9 cm³/mol. The summed E-state index contributed by atoms with van der Waals surface area (Å²) in [6.07, 6.45) is 1.34. The number of benzene rings is 2. The van der Waals surface area contributed by atoms with E-state index in [0.29, 0.717) is 27.6 Å². The molecule has 0 radical (unpaired) electrons. The van der Waals surface area contributed by atoms with Gasteiger partial charge in [0.1, 0.15) is 23.5 Å². The van der Waals surface area contributed by atoms with Gasteiger partial charge in [-0.15, -0.1) is 0 Å². The van der Waals surface area contributed by atoms with E-state index in [2.05, 4.69) is 10.3 Å². The molecule has 0 fully saturated rings. The molecule has 0 aliphatic carbocycles. The highest BCUT2D eigenvalue weighted by Crippen LogP contribution is 2.25. The van der Waals surface area contributed by atoms with Crippen molar-refractivity contribution in [2.45, 2.75) is 13.3 Å². The Labute approximate surface area is 147 Å². The third-order valence-electron chi connectivity index (χ3n) is 3.53. The van der Waals surface area contributed by atoms with Gasteiger partial charge in [0.15, 0.2) is 0 Å². The van der Waals surface area contributed by atoms with E-state index < -0.39 is 11.6 Å². The van der Waals surface area contributed by atoms with Crippen LogP contribution in [0.5, 0.6) is 0 Å². The number of anilines is 2. The minimum atomic E-state index is -0.623. The molecule has 0 saturated carbocycles. The lowest BCUT2D eigenvalue weighted by atomic mass is 10.1. The minimum absolute atomic E-state index is 0.0548. The zero-order valence-electron chi connectivity index (χ0n) is 13.1. The zero-order valence-corrected chi connectivity index (χ0v) is 13.9. The van der Waals surface area contributed by atoms with Crippen LogP contribution < -0.4 is 5.32 Å². The molecule has 4 nitrogen and oxygen atoms in total. The first-order valence-electron chi connectivity index (χ1n) is 7.32. The van der Waals surface area contributed by atoms with Crippen LogP contribution >= 0.6 is 11.6 Å². The Kier molecular flexibility index (Phi) is 4.68. The lowest BCUT2D eigenvalue weighted by Gasteiger charge is -2.05. The van der Waals surface area contributed by atoms with Gasteiger partial charge in [0.25, 0.3) is 6.01 Å². The van der Waals surface area contributed by atoms with E-state index in [4.69, 9.17) is 21.3 Å². The van der Waals surface area contributed by atoms with Crippen LogP contribution in [0.4, 0.5) is 20.5 Å². The van der Waals surface area contributed by atoms with Crippen molar-refractivity contribution in [3.05, 3.63) is 75.6 Å².